The van der Waals surface area contributed by atoms with Crippen LogP contribution in [0.4, 0.5) is 0 Å². The van der Waals surface area contributed by atoms with Gasteiger partial charge in [0.05, 0.1) is 19.6 Å². The van der Waals surface area contributed by atoms with Crippen LogP contribution in [0.15, 0.2) is 17.7 Å². The maximum absolute atomic E-state index is 12.3. The number of aliphatic carboxylic acids is 1. The lowest BCUT2D eigenvalue weighted by Gasteiger charge is -2.69. The van der Waals surface area contributed by atoms with E-state index in [1.54, 1.807) is 19.8 Å². The highest BCUT2D eigenvalue weighted by Gasteiger charge is 2.67. The third kappa shape index (κ3) is 3.01. The van der Waals surface area contributed by atoms with Gasteiger partial charge in [-0.3, -0.25) is 4.79 Å². The molecule has 4 aliphatic rings. The van der Waals surface area contributed by atoms with E-state index in [4.69, 9.17) is 9.47 Å². The maximum Gasteiger partial charge on any atom is 0.309 e. The molecule has 6 atom stereocenters. The first-order valence-corrected chi connectivity index (χ1v) is 13.5. The maximum atomic E-state index is 12.3. The molecule has 1 aromatic rings. The van der Waals surface area contributed by atoms with E-state index in [9.17, 15) is 9.90 Å². The van der Waals surface area contributed by atoms with Gasteiger partial charge in [0.2, 0.25) is 0 Å². The van der Waals surface area contributed by atoms with Gasteiger partial charge in [0.1, 0.15) is 0 Å². The van der Waals surface area contributed by atoms with Crippen LogP contribution >= 0.6 is 0 Å². The second kappa shape index (κ2) is 7.52. The van der Waals surface area contributed by atoms with Crippen molar-refractivity contribution < 1.29 is 19.4 Å². The Balaban J connectivity index is 1.63. The molecule has 4 aliphatic carbocycles. The molecule has 4 nitrogen and oxygen atoms in total. The van der Waals surface area contributed by atoms with Crippen LogP contribution < -0.4 is 9.47 Å². The summed E-state index contributed by atoms with van der Waals surface area (Å²) >= 11 is 0. The molecule has 0 amide bonds. The number of rotatable bonds is 3. The zero-order valence-corrected chi connectivity index (χ0v) is 23.1. The number of hydrogen-bond acceptors (Lipinski definition) is 3. The van der Waals surface area contributed by atoms with Crippen LogP contribution in [0.3, 0.4) is 0 Å². The average Bonchev–Trinajstić information content (AvgIpc) is 2.82. The first-order chi connectivity index (χ1) is 16.3. The van der Waals surface area contributed by atoms with Crippen LogP contribution in [0, 0.1) is 34.5 Å². The summed E-state index contributed by atoms with van der Waals surface area (Å²) in [5, 5.41) is 10.1. The Kier molecular flexibility index (Phi) is 5.31. The van der Waals surface area contributed by atoms with Crippen LogP contribution in [0.5, 0.6) is 11.5 Å². The minimum atomic E-state index is -0.613. The summed E-state index contributed by atoms with van der Waals surface area (Å²) < 4.78 is 11.5. The zero-order chi connectivity index (χ0) is 25.6. The fourth-order valence-corrected chi connectivity index (χ4v) is 9.28. The first-order valence-electron chi connectivity index (χ1n) is 13.5. The van der Waals surface area contributed by atoms with E-state index in [1.807, 2.05) is 6.92 Å². The number of allylic oxidation sites excluding steroid dienone is 2. The molecule has 3 fully saturated rings. The number of carbonyl (C=O) groups is 1. The van der Waals surface area contributed by atoms with E-state index < -0.39 is 11.4 Å². The van der Waals surface area contributed by atoms with Crippen molar-refractivity contribution in [2.24, 2.45) is 27.6 Å². The van der Waals surface area contributed by atoms with Gasteiger partial charge >= 0.3 is 5.97 Å². The predicted molar refractivity (Wildman–Crippen MR) is 139 cm³/mol. The largest absolute Gasteiger partial charge is 0.493 e. The minimum Gasteiger partial charge on any atom is -0.493 e. The zero-order valence-electron chi connectivity index (χ0n) is 23.1. The van der Waals surface area contributed by atoms with Crippen LogP contribution in [0.1, 0.15) is 96.3 Å². The quantitative estimate of drug-likeness (QED) is 0.463. The van der Waals surface area contributed by atoms with Crippen LogP contribution in [-0.4, -0.2) is 25.3 Å². The van der Waals surface area contributed by atoms with Gasteiger partial charge in [-0.05, 0) is 110 Å². The smallest absolute Gasteiger partial charge is 0.309 e. The van der Waals surface area contributed by atoms with E-state index >= 15 is 0 Å². The summed E-state index contributed by atoms with van der Waals surface area (Å²) in [6.45, 7) is 14.1. The summed E-state index contributed by atoms with van der Waals surface area (Å²) in [5.41, 5.74) is 5.30. The summed E-state index contributed by atoms with van der Waals surface area (Å²) in [4.78, 5) is 12.3. The highest BCUT2D eigenvalue weighted by atomic mass is 16.5. The standard InChI is InChI=1S/C31H44O4/c1-19-20-9-10-23-29(4,21(20)17-22(34-7)25(19)35-8)14-16-31(6)24-18-28(3,26(32)33)12-11-27(24,2)13-15-30(23,31)5/h10,17,24H,9,11-16,18H2,1-8H3,(H,32,33)/t24-,27-,28-,29+,30-,31+/m1/s1. The van der Waals surface area contributed by atoms with Crippen molar-refractivity contribution >= 4 is 5.97 Å². The molecule has 192 valence electrons. The Morgan fingerprint density at radius 1 is 0.971 bits per heavy atom. The molecule has 0 unspecified atom stereocenters. The topological polar surface area (TPSA) is 55.8 Å². The van der Waals surface area contributed by atoms with Gasteiger partial charge < -0.3 is 14.6 Å². The first kappa shape index (κ1) is 24.7. The van der Waals surface area contributed by atoms with Crippen molar-refractivity contribution in [2.75, 3.05) is 14.2 Å². The molecule has 0 heterocycles. The van der Waals surface area contributed by atoms with Crippen molar-refractivity contribution in [2.45, 2.75) is 98.3 Å². The Labute approximate surface area is 211 Å². The lowest BCUT2D eigenvalue weighted by molar-refractivity contribution is -0.177. The molecule has 0 spiro atoms. The molecule has 1 aromatic carbocycles. The number of carboxylic acids is 1. The number of ether oxygens (including phenoxy) is 2. The number of fused-ring (bicyclic) bond motifs is 7. The van der Waals surface area contributed by atoms with E-state index in [1.165, 1.54) is 29.5 Å². The highest BCUT2D eigenvalue weighted by Crippen LogP contribution is 2.74. The molecular weight excluding hydrogens is 436 g/mol. The molecule has 35 heavy (non-hydrogen) atoms. The molecule has 0 aliphatic heterocycles. The summed E-state index contributed by atoms with van der Waals surface area (Å²) in [6, 6.07) is 2.25. The van der Waals surface area contributed by atoms with E-state index in [2.05, 4.69) is 46.8 Å². The van der Waals surface area contributed by atoms with Gasteiger partial charge in [-0.25, -0.2) is 0 Å². The third-order valence-electron chi connectivity index (χ3n) is 12.0. The number of carboxylic acid groups (broad SMARTS) is 1. The third-order valence-corrected chi connectivity index (χ3v) is 12.0. The average molecular weight is 481 g/mol. The van der Waals surface area contributed by atoms with Crippen molar-refractivity contribution in [3.8, 4) is 11.5 Å². The number of methoxy groups -OCH3 is 2. The Morgan fingerprint density at radius 2 is 1.66 bits per heavy atom. The molecule has 4 heteroatoms. The van der Waals surface area contributed by atoms with E-state index in [0.29, 0.717) is 5.92 Å². The normalized spacial score (nSPS) is 42.1. The fraction of sp³-hybridized carbons (Fsp3) is 0.710. The van der Waals surface area contributed by atoms with Gasteiger partial charge in [-0.2, -0.15) is 0 Å². The van der Waals surface area contributed by atoms with Crippen molar-refractivity contribution in [1.82, 2.24) is 0 Å². The molecular formula is C31H44O4. The molecule has 0 bridgehead atoms. The van der Waals surface area contributed by atoms with Crippen molar-refractivity contribution in [1.29, 1.82) is 0 Å². The summed E-state index contributed by atoms with van der Waals surface area (Å²) in [5.74, 6) is 1.48. The lowest BCUT2D eigenvalue weighted by Crippen LogP contribution is -2.62. The molecule has 5 rings (SSSR count). The Bertz CT molecular complexity index is 1120. The molecule has 1 N–H and O–H groups in total. The van der Waals surface area contributed by atoms with Gasteiger partial charge in [0.15, 0.2) is 11.5 Å². The predicted octanol–water partition coefficient (Wildman–Crippen LogP) is 7.25. The molecule has 3 saturated carbocycles. The van der Waals surface area contributed by atoms with Gasteiger partial charge in [0, 0.05) is 5.41 Å². The lowest BCUT2D eigenvalue weighted by atomic mass is 9.34. The van der Waals surface area contributed by atoms with Crippen LogP contribution in [0.2, 0.25) is 0 Å². The van der Waals surface area contributed by atoms with E-state index in [-0.39, 0.29) is 21.7 Å². The van der Waals surface area contributed by atoms with Crippen molar-refractivity contribution in [3.05, 3.63) is 34.4 Å². The second-order valence-electron chi connectivity index (χ2n) is 13.4. The van der Waals surface area contributed by atoms with Crippen molar-refractivity contribution in [3.63, 3.8) is 0 Å². The van der Waals surface area contributed by atoms with Crippen LogP contribution in [-0.2, 0) is 16.6 Å². The molecule has 0 saturated heterocycles. The fourth-order valence-electron chi connectivity index (χ4n) is 9.28. The Hall–Kier alpha value is -1.97. The SMILES string of the molecule is COc1cc2c(c(C)c1OC)CC=C1[C@@]2(C)CC[C@@]2(C)[C@@H]3C[C@](C)(C(=O)O)CC[C@]3(C)CC[C@]12C. The molecule has 0 radical (unpaired) electrons. The summed E-state index contributed by atoms with van der Waals surface area (Å²) in [6.07, 6.45) is 10.7. The minimum absolute atomic E-state index is 0.0370. The van der Waals surface area contributed by atoms with Crippen LogP contribution in [0.25, 0.3) is 0 Å². The highest BCUT2D eigenvalue weighted by molar-refractivity contribution is 5.74. The Morgan fingerprint density at radius 3 is 2.29 bits per heavy atom. The number of benzene rings is 1. The number of hydrogen-bond donors (Lipinski definition) is 1. The summed E-state index contributed by atoms with van der Waals surface area (Å²) in [7, 11) is 3.46. The monoisotopic (exact) mass is 480 g/mol. The van der Waals surface area contributed by atoms with Gasteiger partial charge in [-0.1, -0.05) is 39.3 Å². The second-order valence-corrected chi connectivity index (χ2v) is 13.4. The van der Waals surface area contributed by atoms with E-state index in [0.717, 1.165) is 50.0 Å². The van der Waals surface area contributed by atoms with Gasteiger partial charge in [0.25, 0.3) is 0 Å². The molecule has 0 aromatic heterocycles. The van der Waals surface area contributed by atoms with Gasteiger partial charge in [-0.15, -0.1) is 0 Å².